The second-order valence-corrected chi connectivity index (χ2v) is 9.72. The molecule has 9 heteroatoms. The van der Waals surface area contributed by atoms with Gasteiger partial charge in [-0.15, -0.1) is 0 Å². The highest BCUT2D eigenvalue weighted by Crippen LogP contribution is 2.31. The predicted molar refractivity (Wildman–Crippen MR) is 143 cm³/mol. The molecule has 1 aromatic carbocycles. The summed E-state index contributed by atoms with van der Waals surface area (Å²) >= 11 is 0. The van der Waals surface area contributed by atoms with E-state index < -0.39 is 0 Å². The summed E-state index contributed by atoms with van der Waals surface area (Å²) in [7, 11) is 1.63. The highest BCUT2D eigenvalue weighted by molar-refractivity contribution is 6.06. The third-order valence-corrected chi connectivity index (χ3v) is 6.74. The fourth-order valence-corrected chi connectivity index (χ4v) is 4.69. The van der Waals surface area contributed by atoms with Gasteiger partial charge in [-0.2, -0.15) is 0 Å². The molecule has 1 saturated heterocycles. The minimum atomic E-state index is -0.321. The van der Waals surface area contributed by atoms with Crippen molar-refractivity contribution in [2.24, 2.45) is 0 Å². The first-order valence-corrected chi connectivity index (χ1v) is 12.3. The lowest BCUT2D eigenvalue weighted by Gasteiger charge is -2.27. The van der Waals surface area contributed by atoms with Crippen molar-refractivity contribution in [3.8, 4) is 11.3 Å². The average molecular weight is 496 g/mol. The number of amides is 2. The molecule has 1 aliphatic rings. The fourth-order valence-electron chi connectivity index (χ4n) is 4.69. The molecule has 0 spiro atoms. The van der Waals surface area contributed by atoms with Crippen LogP contribution in [0.25, 0.3) is 22.2 Å². The Morgan fingerprint density at radius 2 is 1.89 bits per heavy atom. The zero-order valence-electron chi connectivity index (χ0n) is 21.2. The second-order valence-electron chi connectivity index (χ2n) is 9.72. The number of nitrogens with zero attached hydrogens (tertiary/aromatic N) is 5. The van der Waals surface area contributed by atoms with Crippen molar-refractivity contribution in [3.63, 3.8) is 0 Å². The summed E-state index contributed by atoms with van der Waals surface area (Å²) in [5.74, 6) is 1.30. The average Bonchev–Trinajstić information content (AvgIpc) is 3.37. The Labute approximate surface area is 215 Å². The summed E-state index contributed by atoms with van der Waals surface area (Å²) in [6, 6.07) is 13.3. The van der Waals surface area contributed by atoms with Crippen LogP contribution in [-0.4, -0.2) is 51.9 Å². The van der Waals surface area contributed by atoms with Crippen LogP contribution < -0.4 is 15.5 Å². The van der Waals surface area contributed by atoms with E-state index in [0.29, 0.717) is 36.7 Å². The van der Waals surface area contributed by atoms with Crippen LogP contribution in [0, 0.1) is 0 Å². The van der Waals surface area contributed by atoms with Crippen molar-refractivity contribution in [2.75, 3.05) is 30.4 Å². The van der Waals surface area contributed by atoms with Gasteiger partial charge in [0.2, 0.25) is 5.91 Å². The lowest BCUT2D eigenvalue weighted by molar-refractivity contribution is -0.117. The molecule has 0 saturated carbocycles. The quantitative estimate of drug-likeness (QED) is 0.399. The molecule has 3 aromatic heterocycles. The van der Waals surface area contributed by atoms with Gasteiger partial charge >= 0.3 is 0 Å². The van der Waals surface area contributed by atoms with Crippen LogP contribution in [0.4, 0.5) is 11.6 Å². The van der Waals surface area contributed by atoms with E-state index in [2.05, 4.69) is 44.4 Å². The molecule has 4 heterocycles. The molecule has 0 bridgehead atoms. The predicted octanol–water partition coefficient (Wildman–Crippen LogP) is 3.96. The molecule has 1 aliphatic heterocycles. The summed E-state index contributed by atoms with van der Waals surface area (Å²) in [4.78, 5) is 44.1. The number of para-hydroxylation sites is 1. The van der Waals surface area contributed by atoms with E-state index in [0.717, 1.165) is 34.1 Å². The van der Waals surface area contributed by atoms with Gasteiger partial charge < -0.3 is 10.6 Å². The van der Waals surface area contributed by atoms with Crippen LogP contribution in [0.3, 0.4) is 0 Å². The molecular weight excluding hydrogens is 466 g/mol. The molecule has 188 valence electrons. The Bertz CT molecular complexity index is 1480. The number of pyridine rings is 2. The Kier molecular flexibility index (Phi) is 6.52. The van der Waals surface area contributed by atoms with Crippen LogP contribution in [0.1, 0.15) is 42.6 Å². The number of carbonyl (C=O) groups is 2. The molecule has 37 heavy (non-hydrogen) atoms. The maximum atomic E-state index is 12.4. The number of carbonyl (C=O) groups excluding carboxylic acids is 2. The topological polar surface area (TPSA) is 113 Å². The van der Waals surface area contributed by atoms with Crippen molar-refractivity contribution >= 4 is 34.4 Å². The Balaban J connectivity index is 1.38. The largest absolute Gasteiger partial charge is 0.369 e. The number of hydrogen-bond donors (Lipinski definition) is 2. The SMILES string of the molecule is CNC(=O)c1ccnc2c(C(C)(C)CNc3cc(-c4ccnc(N5CCCC5=O)c4)ncn3)cccc12. The van der Waals surface area contributed by atoms with Crippen LogP contribution in [-0.2, 0) is 10.2 Å². The van der Waals surface area contributed by atoms with Gasteiger partial charge in [-0.1, -0.05) is 32.0 Å². The van der Waals surface area contributed by atoms with Crippen molar-refractivity contribution < 1.29 is 9.59 Å². The third kappa shape index (κ3) is 4.84. The lowest BCUT2D eigenvalue weighted by atomic mass is 9.82. The van der Waals surface area contributed by atoms with E-state index in [-0.39, 0.29) is 17.2 Å². The first-order valence-electron chi connectivity index (χ1n) is 12.3. The van der Waals surface area contributed by atoms with E-state index in [9.17, 15) is 9.59 Å². The maximum absolute atomic E-state index is 12.4. The van der Waals surface area contributed by atoms with E-state index in [1.165, 1.54) is 6.33 Å². The molecule has 0 atom stereocenters. The highest BCUT2D eigenvalue weighted by Gasteiger charge is 2.25. The van der Waals surface area contributed by atoms with Gasteiger partial charge in [0.15, 0.2) is 0 Å². The summed E-state index contributed by atoms with van der Waals surface area (Å²) in [5, 5.41) is 6.97. The second kappa shape index (κ2) is 9.93. The number of anilines is 2. The van der Waals surface area contributed by atoms with Crippen molar-refractivity contribution in [3.05, 3.63) is 72.3 Å². The molecule has 0 unspecified atom stereocenters. The number of hydrogen-bond acceptors (Lipinski definition) is 7. The molecule has 2 amide bonds. The molecule has 5 rings (SSSR count). The Hall–Kier alpha value is -4.40. The van der Waals surface area contributed by atoms with Crippen molar-refractivity contribution in [1.29, 1.82) is 0 Å². The monoisotopic (exact) mass is 495 g/mol. The van der Waals surface area contributed by atoms with Gasteiger partial charge in [-0.05, 0) is 30.2 Å². The number of benzene rings is 1. The van der Waals surface area contributed by atoms with E-state index in [1.807, 2.05) is 36.4 Å². The summed E-state index contributed by atoms with van der Waals surface area (Å²) in [6.45, 7) is 5.54. The normalized spacial score (nSPS) is 13.7. The Morgan fingerprint density at radius 1 is 1.05 bits per heavy atom. The zero-order valence-corrected chi connectivity index (χ0v) is 21.2. The number of aromatic nitrogens is 4. The number of fused-ring (bicyclic) bond motifs is 1. The molecule has 0 radical (unpaired) electrons. The fraction of sp³-hybridized carbons (Fsp3) is 0.286. The number of rotatable bonds is 7. The van der Waals surface area contributed by atoms with Gasteiger partial charge in [-0.3, -0.25) is 19.5 Å². The van der Waals surface area contributed by atoms with E-state index >= 15 is 0 Å². The van der Waals surface area contributed by atoms with Gasteiger partial charge in [0.25, 0.3) is 5.91 Å². The highest BCUT2D eigenvalue weighted by atomic mass is 16.2. The standard InChI is InChI=1S/C28H29N7O2/c1-28(2,21-7-4-6-19-20(27(37)29-3)10-12-31-26(19)21)16-32-23-15-22(33-17-34-23)18-9-11-30-24(14-18)35-13-5-8-25(35)36/h4,6-7,9-12,14-15,17H,5,8,13,16H2,1-3H3,(H,29,37)(H,32,33,34). The summed E-state index contributed by atoms with van der Waals surface area (Å²) in [5.41, 5.74) is 3.73. The van der Waals surface area contributed by atoms with Gasteiger partial charge in [-0.25, -0.2) is 15.0 Å². The van der Waals surface area contributed by atoms with Crippen LogP contribution in [0.15, 0.2) is 61.2 Å². The summed E-state index contributed by atoms with van der Waals surface area (Å²) in [6.07, 6.45) is 6.31. The molecule has 2 N–H and O–H groups in total. The molecule has 4 aromatic rings. The molecule has 1 fully saturated rings. The van der Waals surface area contributed by atoms with Crippen LogP contribution >= 0.6 is 0 Å². The Morgan fingerprint density at radius 3 is 2.68 bits per heavy atom. The smallest absolute Gasteiger partial charge is 0.251 e. The molecule has 0 aliphatic carbocycles. The minimum Gasteiger partial charge on any atom is -0.369 e. The van der Waals surface area contributed by atoms with Gasteiger partial charge in [0.05, 0.1) is 16.8 Å². The van der Waals surface area contributed by atoms with Crippen LogP contribution in [0.2, 0.25) is 0 Å². The molecular formula is C28H29N7O2. The summed E-state index contributed by atoms with van der Waals surface area (Å²) < 4.78 is 0. The number of nitrogens with one attached hydrogen (secondary N) is 2. The van der Waals surface area contributed by atoms with Gasteiger partial charge in [0, 0.05) is 61.4 Å². The van der Waals surface area contributed by atoms with Crippen molar-refractivity contribution in [1.82, 2.24) is 25.3 Å². The van der Waals surface area contributed by atoms with Crippen molar-refractivity contribution in [2.45, 2.75) is 32.1 Å². The van der Waals surface area contributed by atoms with E-state index in [4.69, 9.17) is 0 Å². The first kappa shape index (κ1) is 24.3. The van der Waals surface area contributed by atoms with Gasteiger partial charge in [0.1, 0.15) is 18.0 Å². The van der Waals surface area contributed by atoms with Crippen LogP contribution in [0.5, 0.6) is 0 Å². The maximum Gasteiger partial charge on any atom is 0.251 e. The van der Waals surface area contributed by atoms with E-state index in [1.54, 1.807) is 30.4 Å². The third-order valence-electron chi connectivity index (χ3n) is 6.74. The first-order chi connectivity index (χ1) is 17.9. The zero-order chi connectivity index (χ0) is 26.0. The minimum absolute atomic E-state index is 0.0993. The molecule has 9 nitrogen and oxygen atoms in total. The lowest BCUT2D eigenvalue weighted by Crippen LogP contribution is -2.28.